The average molecular weight is 411 g/mol. The molecule has 0 aromatic heterocycles. The number of aryl methyl sites for hydroxylation is 1. The van der Waals surface area contributed by atoms with E-state index in [1.54, 1.807) is 4.90 Å². The first-order valence-corrected chi connectivity index (χ1v) is 10.4. The van der Waals surface area contributed by atoms with Crippen molar-refractivity contribution in [2.45, 2.75) is 32.6 Å². The molecular formula is C24H29NO5. The second-order valence-electron chi connectivity index (χ2n) is 7.83. The largest absolute Gasteiger partial charge is 0.480 e. The lowest BCUT2D eigenvalue weighted by atomic mass is 9.83. The van der Waals surface area contributed by atoms with E-state index in [2.05, 4.69) is 0 Å². The minimum atomic E-state index is -0.938. The van der Waals surface area contributed by atoms with Crippen molar-refractivity contribution in [3.8, 4) is 0 Å². The van der Waals surface area contributed by atoms with Crippen molar-refractivity contribution < 1.29 is 24.2 Å². The van der Waals surface area contributed by atoms with Gasteiger partial charge >= 0.3 is 12.1 Å². The van der Waals surface area contributed by atoms with Crippen LogP contribution >= 0.6 is 0 Å². The lowest BCUT2D eigenvalue weighted by molar-refractivity contribution is -0.142. The molecule has 0 saturated heterocycles. The highest BCUT2D eigenvalue weighted by atomic mass is 16.6. The number of hydrogen-bond acceptors (Lipinski definition) is 4. The number of amides is 1. The molecule has 160 valence electrons. The van der Waals surface area contributed by atoms with Crippen LogP contribution in [0.3, 0.4) is 0 Å². The van der Waals surface area contributed by atoms with E-state index < -0.39 is 5.97 Å². The van der Waals surface area contributed by atoms with E-state index in [1.807, 2.05) is 61.5 Å². The van der Waals surface area contributed by atoms with E-state index in [9.17, 15) is 9.59 Å². The first kappa shape index (κ1) is 21.8. The van der Waals surface area contributed by atoms with Crippen molar-refractivity contribution >= 4 is 23.4 Å². The van der Waals surface area contributed by atoms with Crippen LogP contribution in [0.2, 0.25) is 0 Å². The van der Waals surface area contributed by atoms with Gasteiger partial charge in [-0.25, -0.2) is 14.5 Å². The maximum absolute atomic E-state index is 13.0. The Bertz CT molecular complexity index is 830. The third-order valence-corrected chi connectivity index (χ3v) is 5.54. The van der Waals surface area contributed by atoms with Crippen LogP contribution in [-0.2, 0) is 14.3 Å². The summed E-state index contributed by atoms with van der Waals surface area (Å²) in [7, 11) is 0. The molecule has 0 radical (unpaired) electrons. The summed E-state index contributed by atoms with van der Waals surface area (Å²) in [5, 5.41) is 8.66. The number of para-hydroxylation sites is 2. The molecule has 0 heterocycles. The van der Waals surface area contributed by atoms with Gasteiger partial charge in [-0.3, -0.25) is 0 Å². The monoisotopic (exact) mass is 411 g/mol. The first-order valence-electron chi connectivity index (χ1n) is 10.4. The number of nitrogens with zero attached hydrogens (tertiary/aromatic N) is 1. The zero-order valence-corrected chi connectivity index (χ0v) is 17.3. The number of carboxylic acids is 1. The van der Waals surface area contributed by atoms with E-state index in [4.69, 9.17) is 14.6 Å². The molecule has 0 unspecified atom stereocenters. The van der Waals surface area contributed by atoms with Crippen molar-refractivity contribution in [2.75, 3.05) is 24.7 Å². The minimum absolute atomic E-state index is 0.244. The highest BCUT2D eigenvalue weighted by molar-refractivity contribution is 5.96. The SMILES string of the molecule is Cc1ccccc1N(C(=O)OC[C@H]1CC[C@H](COCC(=O)O)CC1)c1ccccc1. The van der Waals surface area contributed by atoms with Gasteiger partial charge in [0.25, 0.3) is 0 Å². The van der Waals surface area contributed by atoms with Gasteiger partial charge in [0.2, 0.25) is 0 Å². The Morgan fingerprint density at radius 3 is 2.17 bits per heavy atom. The van der Waals surface area contributed by atoms with Crippen LogP contribution in [-0.4, -0.2) is 37.0 Å². The van der Waals surface area contributed by atoms with Gasteiger partial charge in [0, 0.05) is 0 Å². The lowest BCUT2D eigenvalue weighted by Crippen LogP contribution is -2.30. The molecule has 30 heavy (non-hydrogen) atoms. The summed E-state index contributed by atoms with van der Waals surface area (Å²) < 4.78 is 11.0. The number of carbonyl (C=O) groups excluding carboxylic acids is 1. The van der Waals surface area contributed by atoms with Crippen molar-refractivity contribution in [1.82, 2.24) is 0 Å². The summed E-state index contributed by atoms with van der Waals surface area (Å²) in [6, 6.07) is 17.3. The Morgan fingerprint density at radius 2 is 1.53 bits per heavy atom. The van der Waals surface area contributed by atoms with Crippen molar-refractivity contribution in [2.24, 2.45) is 11.8 Å². The molecule has 1 amide bonds. The van der Waals surface area contributed by atoms with Crippen LogP contribution in [0.5, 0.6) is 0 Å². The fourth-order valence-corrected chi connectivity index (χ4v) is 3.87. The number of carbonyl (C=O) groups is 2. The molecule has 2 aromatic carbocycles. The summed E-state index contributed by atoms with van der Waals surface area (Å²) in [5.41, 5.74) is 2.59. The second kappa shape index (κ2) is 10.8. The molecule has 0 atom stereocenters. The standard InChI is InChI=1S/C24H29NO5/c1-18-7-5-6-10-22(18)25(21-8-3-2-4-9-21)24(28)30-16-20-13-11-19(12-14-20)15-29-17-23(26)27/h2-10,19-20H,11-17H2,1H3,(H,26,27)/t19-,20-. The smallest absolute Gasteiger partial charge is 0.418 e. The number of carboxylic acid groups (broad SMARTS) is 1. The maximum atomic E-state index is 13.0. The van der Waals surface area contributed by atoms with E-state index in [0.717, 1.165) is 42.6 Å². The van der Waals surface area contributed by atoms with Gasteiger partial charge in [0.05, 0.1) is 24.6 Å². The number of hydrogen-bond donors (Lipinski definition) is 1. The molecule has 1 fully saturated rings. The molecule has 0 bridgehead atoms. The van der Waals surface area contributed by atoms with Crippen LogP contribution in [0.4, 0.5) is 16.2 Å². The highest BCUT2D eigenvalue weighted by Crippen LogP contribution is 2.31. The number of rotatable bonds is 8. The fraction of sp³-hybridized carbons (Fsp3) is 0.417. The average Bonchev–Trinajstić information content (AvgIpc) is 2.75. The van der Waals surface area contributed by atoms with E-state index in [0.29, 0.717) is 25.0 Å². The molecule has 1 aliphatic carbocycles. The Balaban J connectivity index is 1.56. The first-order chi connectivity index (χ1) is 14.5. The van der Waals surface area contributed by atoms with Crippen LogP contribution in [0.25, 0.3) is 0 Å². The Morgan fingerprint density at radius 1 is 0.933 bits per heavy atom. The van der Waals surface area contributed by atoms with Gasteiger partial charge in [0.15, 0.2) is 0 Å². The number of benzene rings is 2. The fourth-order valence-electron chi connectivity index (χ4n) is 3.87. The molecule has 0 spiro atoms. The third-order valence-electron chi connectivity index (χ3n) is 5.54. The Labute approximate surface area is 177 Å². The van der Waals surface area contributed by atoms with Gasteiger partial charge in [0.1, 0.15) is 6.61 Å². The van der Waals surface area contributed by atoms with E-state index >= 15 is 0 Å². The molecule has 1 N–H and O–H groups in total. The molecule has 1 saturated carbocycles. The van der Waals surface area contributed by atoms with Crippen molar-refractivity contribution in [1.29, 1.82) is 0 Å². The number of ether oxygens (including phenoxy) is 2. The maximum Gasteiger partial charge on any atom is 0.418 e. The molecule has 6 nitrogen and oxygen atoms in total. The summed E-state index contributed by atoms with van der Waals surface area (Å²) in [4.78, 5) is 25.2. The van der Waals surface area contributed by atoms with Crippen molar-refractivity contribution in [3.05, 3.63) is 60.2 Å². The van der Waals surface area contributed by atoms with Crippen LogP contribution < -0.4 is 4.90 Å². The number of anilines is 2. The van der Waals surface area contributed by atoms with E-state index in [1.165, 1.54) is 0 Å². The van der Waals surface area contributed by atoms with E-state index in [-0.39, 0.29) is 12.7 Å². The molecule has 6 heteroatoms. The minimum Gasteiger partial charge on any atom is -0.480 e. The van der Waals surface area contributed by atoms with Gasteiger partial charge in [-0.15, -0.1) is 0 Å². The van der Waals surface area contributed by atoms with Crippen LogP contribution in [0, 0.1) is 18.8 Å². The Kier molecular flexibility index (Phi) is 7.85. The van der Waals surface area contributed by atoms with Gasteiger partial charge in [-0.05, 0) is 68.2 Å². The summed E-state index contributed by atoms with van der Waals surface area (Å²) in [5.74, 6) is -0.240. The zero-order chi connectivity index (χ0) is 21.3. The molecule has 2 aromatic rings. The highest BCUT2D eigenvalue weighted by Gasteiger charge is 2.25. The summed E-state index contributed by atoms with van der Waals surface area (Å²) >= 11 is 0. The molecule has 0 aliphatic heterocycles. The number of aliphatic carboxylic acids is 1. The third kappa shape index (κ3) is 6.07. The lowest BCUT2D eigenvalue weighted by Gasteiger charge is -2.29. The van der Waals surface area contributed by atoms with Crippen LogP contribution in [0.15, 0.2) is 54.6 Å². The molecule has 3 rings (SSSR count). The predicted octanol–water partition coefficient (Wildman–Crippen LogP) is 5.18. The Hall–Kier alpha value is -2.86. The van der Waals surface area contributed by atoms with Crippen LogP contribution in [0.1, 0.15) is 31.2 Å². The normalized spacial score (nSPS) is 18.6. The van der Waals surface area contributed by atoms with Gasteiger partial charge in [-0.2, -0.15) is 0 Å². The summed E-state index contributed by atoms with van der Waals surface area (Å²) in [6.07, 6.45) is 3.44. The van der Waals surface area contributed by atoms with Crippen molar-refractivity contribution in [3.63, 3.8) is 0 Å². The van der Waals surface area contributed by atoms with Gasteiger partial charge in [-0.1, -0.05) is 36.4 Å². The predicted molar refractivity (Wildman–Crippen MR) is 115 cm³/mol. The zero-order valence-electron chi connectivity index (χ0n) is 17.3. The van der Waals surface area contributed by atoms with Gasteiger partial charge < -0.3 is 14.6 Å². The topological polar surface area (TPSA) is 76.1 Å². The second-order valence-corrected chi connectivity index (χ2v) is 7.83. The molecular weight excluding hydrogens is 382 g/mol. The quantitative estimate of drug-likeness (QED) is 0.648. The summed E-state index contributed by atoms with van der Waals surface area (Å²) in [6.45, 7) is 2.60. The molecule has 1 aliphatic rings.